The summed E-state index contributed by atoms with van der Waals surface area (Å²) in [4.78, 5) is 14.5. The lowest BCUT2D eigenvalue weighted by Crippen LogP contribution is -2.34. The predicted octanol–water partition coefficient (Wildman–Crippen LogP) is 3.66. The number of nitrogens with zero attached hydrogens (tertiary/aromatic N) is 1. The number of carbonyl (C=O) groups excluding carboxylic acids is 1. The lowest BCUT2D eigenvalue weighted by atomic mass is 10.1. The molecule has 0 aliphatic heterocycles. The summed E-state index contributed by atoms with van der Waals surface area (Å²) in [5.41, 5.74) is 0.615. The number of benzene rings is 1. The van der Waals surface area contributed by atoms with Crippen molar-refractivity contribution >= 4 is 5.78 Å². The number of Topliss-reactive ketones (excluding diaryl/α,β-unsaturated/α-hetero) is 1. The molecule has 1 aromatic rings. The van der Waals surface area contributed by atoms with Gasteiger partial charge in [-0.2, -0.15) is 0 Å². The van der Waals surface area contributed by atoms with E-state index in [2.05, 4.69) is 11.8 Å². The summed E-state index contributed by atoms with van der Waals surface area (Å²) in [6.07, 6.45) is 5.67. The van der Waals surface area contributed by atoms with Gasteiger partial charge in [0.15, 0.2) is 5.78 Å². The molecule has 2 rings (SSSR count). The molecule has 0 amide bonds. The highest BCUT2D eigenvalue weighted by Gasteiger charge is 2.21. The van der Waals surface area contributed by atoms with Crippen LogP contribution in [0.2, 0.25) is 0 Å². The Morgan fingerprint density at radius 3 is 2.47 bits per heavy atom. The van der Waals surface area contributed by atoms with Gasteiger partial charge in [-0.3, -0.25) is 4.79 Å². The van der Waals surface area contributed by atoms with Gasteiger partial charge in [0.2, 0.25) is 0 Å². The van der Waals surface area contributed by atoms with Gasteiger partial charge in [-0.25, -0.2) is 4.39 Å². The summed E-state index contributed by atoms with van der Waals surface area (Å²) in [7, 11) is 0. The van der Waals surface area contributed by atoms with Crippen molar-refractivity contribution in [1.29, 1.82) is 0 Å². The molecule has 0 radical (unpaired) electrons. The van der Waals surface area contributed by atoms with E-state index in [1.165, 1.54) is 37.8 Å². The Morgan fingerprint density at radius 2 is 1.89 bits per heavy atom. The minimum Gasteiger partial charge on any atom is -0.300 e. The lowest BCUT2D eigenvalue weighted by molar-refractivity contribution is 0.0953. The van der Waals surface area contributed by atoms with Crippen molar-refractivity contribution in [3.05, 3.63) is 35.6 Å². The monoisotopic (exact) mass is 263 g/mol. The van der Waals surface area contributed by atoms with Crippen LogP contribution in [0.3, 0.4) is 0 Å². The molecule has 0 heterocycles. The molecule has 3 heteroatoms. The molecule has 2 nitrogen and oxygen atoms in total. The first-order chi connectivity index (χ1) is 9.20. The molecule has 0 unspecified atom stereocenters. The largest absolute Gasteiger partial charge is 0.300 e. The van der Waals surface area contributed by atoms with E-state index in [4.69, 9.17) is 0 Å². The van der Waals surface area contributed by atoms with E-state index in [1.807, 2.05) is 0 Å². The van der Waals surface area contributed by atoms with Crippen LogP contribution in [0.5, 0.6) is 0 Å². The SMILES string of the molecule is CCN(CCC(=O)c1ccc(F)cc1)C1CCCC1. The number of hydrogen-bond donors (Lipinski definition) is 0. The maximum atomic E-state index is 12.8. The zero-order valence-corrected chi connectivity index (χ0v) is 11.6. The summed E-state index contributed by atoms with van der Waals surface area (Å²) in [5.74, 6) is -0.186. The Balaban J connectivity index is 1.86. The maximum Gasteiger partial charge on any atom is 0.164 e. The Kier molecular flexibility index (Phi) is 5.08. The fourth-order valence-electron chi connectivity index (χ4n) is 2.89. The number of hydrogen-bond acceptors (Lipinski definition) is 2. The molecule has 0 bridgehead atoms. The first-order valence-corrected chi connectivity index (χ1v) is 7.23. The van der Waals surface area contributed by atoms with Crippen molar-refractivity contribution in [2.45, 2.75) is 45.1 Å². The van der Waals surface area contributed by atoms with Gasteiger partial charge in [-0.15, -0.1) is 0 Å². The van der Waals surface area contributed by atoms with Crippen LogP contribution in [-0.4, -0.2) is 29.8 Å². The van der Waals surface area contributed by atoms with Gasteiger partial charge in [0.05, 0.1) is 0 Å². The quantitative estimate of drug-likeness (QED) is 0.730. The topological polar surface area (TPSA) is 20.3 Å². The molecule has 0 saturated heterocycles. The molecular weight excluding hydrogens is 241 g/mol. The van der Waals surface area contributed by atoms with Gasteiger partial charge in [0.1, 0.15) is 5.82 Å². The zero-order valence-electron chi connectivity index (χ0n) is 11.6. The van der Waals surface area contributed by atoms with Crippen molar-refractivity contribution in [1.82, 2.24) is 4.90 Å². The third-order valence-electron chi connectivity index (χ3n) is 4.04. The molecule has 0 atom stereocenters. The second-order valence-electron chi connectivity index (χ2n) is 5.25. The first kappa shape index (κ1) is 14.2. The second kappa shape index (κ2) is 6.80. The highest BCUT2D eigenvalue weighted by atomic mass is 19.1. The van der Waals surface area contributed by atoms with Crippen LogP contribution in [0.25, 0.3) is 0 Å². The standard InChI is InChI=1S/C16H22FNO/c1-2-18(15-5-3-4-6-15)12-11-16(19)13-7-9-14(17)10-8-13/h7-10,15H,2-6,11-12H2,1H3. The lowest BCUT2D eigenvalue weighted by Gasteiger charge is -2.27. The first-order valence-electron chi connectivity index (χ1n) is 7.23. The summed E-state index contributed by atoms with van der Waals surface area (Å²) in [6.45, 7) is 3.97. The number of halogens is 1. The Bertz CT molecular complexity index is 409. The van der Waals surface area contributed by atoms with Gasteiger partial charge in [0.25, 0.3) is 0 Å². The molecular formula is C16H22FNO. The molecule has 1 aliphatic rings. The van der Waals surface area contributed by atoms with Crippen LogP contribution in [0.15, 0.2) is 24.3 Å². The van der Waals surface area contributed by atoms with Crippen molar-refractivity contribution < 1.29 is 9.18 Å². The van der Waals surface area contributed by atoms with Crippen molar-refractivity contribution in [2.24, 2.45) is 0 Å². The third-order valence-corrected chi connectivity index (χ3v) is 4.04. The van der Waals surface area contributed by atoms with Gasteiger partial charge < -0.3 is 4.90 Å². The molecule has 1 aliphatic carbocycles. The van der Waals surface area contributed by atoms with Crippen LogP contribution < -0.4 is 0 Å². The Labute approximate surface area is 114 Å². The van der Waals surface area contributed by atoms with Gasteiger partial charge in [-0.1, -0.05) is 19.8 Å². The Morgan fingerprint density at radius 1 is 1.26 bits per heavy atom. The average Bonchev–Trinajstić information content (AvgIpc) is 2.94. The number of carbonyl (C=O) groups is 1. The second-order valence-corrected chi connectivity index (χ2v) is 5.25. The van der Waals surface area contributed by atoms with Crippen molar-refractivity contribution in [2.75, 3.05) is 13.1 Å². The summed E-state index contributed by atoms with van der Waals surface area (Å²) in [5, 5.41) is 0. The van der Waals surface area contributed by atoms with Crippen LogP contribution in [0.4, 0.5) is 4.39 Å². The highest BCUT2D eigenvalue weighted by molar-refractivity contribution is 5.96. The molecule has 104 valence electrons. The van der Waals surface area contributed by atoms with E-state index in [0.717, 1.165) is 13.1 Å². The normalized spacial score (nSPS) is 16.2. The van der Waals surface area contributed by atoms with Crippen LogP contribution in [-0.2, 0) is 0 Å². The summed E-state index contributed by atoms with van der Waals surface area (Å²) < 4.78 is 12.8. The molecule has 0 aromatic heterocycles. The predicted molar refractivity (Wildman–Crippen MR) is 74.9 cm³/mol. The van der Waals surface area contributed by atoms with Gasteiger partial charge >= 0.3 is 0 Å². The van der Waals surface area contributed by atoms with Crippen molar-refractivity contribution in [3.63, 3.8) is 0 Å². The van der Waals surface area contributed by atoms with E-state index in [1.54, 1.807) is 12.1 Å². The minimum absolute atomic E-state index is 0.108. The van der Waals surface area contributed by atoms with Gasteiger partial charge in [-0.05, 0) is 43.7 Å². The number of rotatable bonds is 6. The molecule has 1 saturated carbocycles. The van der Waals surface area contributed by atoms with Crippen molar-refractivity contribution in [3.8, 4) is 0 Å². The number of ketones is 1. The Hall–Kier alpha value is -1.22. The third kappa shape index (κ3) is 3.87. The van der Waals surface area contributed by atoms with Crippen LogP contribution >= 0.6 is 0 Å². The fraction of sp³-hybridized carbons (Fsp3) is 0.562. The van der Waals surface area contributed by atoms with E-state index >= 15 is 0 Å². The van der Waals surface area contributed by atoms with Crippen LogP contribution in [0, 0.1) is 5.82 Å². The van der Waals surface area contributed by atoms with Gasteiger partial charge in [0, 0.05) is 24.6 Å². The zero-order chi connectivity index (χ0) is 13.7. The average molecular weight is 263 g/mol. The smallest absolute Gasteiger partial charge is 0.164 e. The minimum atomic E-state index is -0.294. The molecule has 0 N–H and O–H groups in total. The molecule has 1 aromatic carbocycles. The van der Waals surface area contributed by atoms with E-state index in [9.17, 15) is 9.18 Å². The highest BCUT2D eigenvalue weighted by Crippen LogP contribution is 2.23. The summed E-state index contributed by atoms with van der Waals surface area (Å²) >= 11 is 0. The van der Waals surface area contributed by atoms with E-state index < -0.39 is 0 Å². The molecule has 19 heavy (non-hydrogen) atoms. The van der Waals surface area contributed by atoms with E-state index in [0.29, 0.717) is 18.0 Å². The maximum absolute atomic E-state index is 12.8. The summed E-state index contributed by atoms with van der Waals surface area (Å²) in [6, 6.07) is 6.50. The van der Waals surface area contributed by atoms with E-state index in [-0.39, 0.29) is 11.6 Å². The van der Waals surface area contributed by atoms with Crippen LogP contribution in [0.1, 0.15) is 49.4 Å². The fourth-order valence-corrected chi connectivity index (χ4v) is 2.89. The molecule has 0 spiro atoms. The molecule has 1 fully saturated rings.